The molecule has 0 saturated heterocycles. The van der Waals surface area contributed by atoms with Crippen LogP contribution in [0, 0.1) is 5.92 Å². The van der Waals surface area contributed by atoms with Gasteiger partial charge in [-0.1, -0.05) is 42.5 Å². The van der Waals surface area contributed by atoms with Crippen LogP contribution in [-0.2, 0) is 17.8 Å². The number of rotatable bonds is 2. The molecular weight excluding hydrogens is 300 g/mol. The molecule has 4 nitrogen and oxygen atoms in total. The van der Waals surface area contributed by atoms with Crippen LogP contribution in [0.5, 0.6) is 0 Å². The number of aliphatic hydroxyl groups is 1. The van der Waals surface area contributed by atoms with Crippen LogP contribution >= 0.6 is 0 Å². The van der Waals surface area contributed by atoms with Crippen molar-refractivity contribution in [2.75, 3.05) is 0 Å². The zero-order valence-corrected chi connectivity index (χ0v) is 13.6. The topological polar surface area (TPSA) is 52.9 Å². The highest BCUT2D eigenvalue weighted by Crippen LogP contribution is 2.43. The maximum absolute atomic E-state index is 12.2. The third-order valence-electron chi connectivity index (χ3n) is 5.03. The lowest BCUT2D eigenvalue weighted by molar-refractivity contribution is -0.131. The first-order valence-corrected chi connectivity index (χ1v) is 8.35. The molecule has 24 heavy (non-hydrogen) atoms. The summed E-state index contributed by atoms with van der Waals surface area (Å²) in [6.07, 6.45) is 1.95. The molecule has 0 fully saturated rings. The minimum atomic E-state index is -0.0374. The van der Waals surface area contributed by atoms with E-state index >= 15 is 0 Å². The monoisotopic (exact) mass is 320 g/mol. The lowest BCUT2D eigenvalue weighted by Crippen LogP contribution is -2.31. The summed E-state index contributed by atoms with van der Waals surface area (Å²) in [4.78, 5) is 12.2. The van der Waals surface area contributed by atoms with Gasteiger partial charge in [-0.05, 0) is 35.6 Å². The van der Waals surface area contributed by atoms with Crippen molar-refractivity contribution in [2.45, 2.75) is 32.4 Å². The van der Waals surface area contributed by atoms with E-state index in [2.05, 4.69) is 18.2 Å². The maximum atomic E-state index is 12.2. The molecule has 2 aromatic carbocycles. The van der Waals surface area contributed by atoms with Crippen molar-refractivity contribution in [3.63, 3.8) is 0 Å². The largest absolute Gasteiger partial charge is 0.392 e. The van der Waals surface area contributed by atoms with Crippen LogP contribution < -0.4 is 0 Å². The van der Waals surface area contributed by atoms with E-state index in [1.165, 1.54) is 5.56 Å². The average Bonchev–Trinajstić information content (AvgIpc) is 3.02. The lowest BCUT2D eigenvalue weighted by atomic mass is 9.77. The van der Waals surface area contributed by atoms with Gasteiger partial charge in [-0.25, -0.2) is 5.01 Å². The van der Waals surface area contributed by atoms with Gasteiger partial charge in [0.2, 0.25) is 5.91 Å². The summed E-state index contributed by atoms with van der Waals surface area (Å²) >= 11 is 0. The van der Waals surface area contributed by atoms with Gasteiger partial charge in [-0.15, -0.1) is 0 Å². The van der Waals surface area contributed by atoms with E-state index in [-0.39, 0.29) is 24.5 Å². The summed E-state index contributed by atoms with van der Waals surface area (Å²) in [5.74, 6) is 0.170. The van der Waals surface area contributed by atoms with Crippen molar-refractivity contribution in [2.24, 2.45) is 11.0 Å². The minimum Gasteiger partial charge on any atom is -0.392 e. The van der Waals surface area contributed by atoms with Gasteiger partial charge >= 0.3 is 0 Å². The Hall–Kier alpha value is -2.46. The first kappa shape index (κ1) is 15.1. The Bertz CT molecular complexity index is 814. The smallest absolute Gasteiger partial charge is 0.240 e. The Kier molecular flexibility index (Phi) is 3.69. The highest BCUT2D eigenvalue weighted by molar-refractivity contribution is 6.06. The van der Waals surface area contributed by atoms with Crippen LogP contribution in [0.4, 0.5) is 0 Å². The normalized spacial score (nSPS) is 21.9. The molecule has 0 unspecified atom stereocenters. The van der Waals surface area contributed by atoms with E-state index in [4.69, 9.17) is 5.10 Å². The quantitative estimate of drug-likeness (QED) is 0.924. The molecule has 1 aliphatic heterocycles. The first-order chi connectivity index (χ1) is 11.7. The number of aryl methyl sites for hydroxylation is 1. The van der Waals surface area contributed by atoms with Gasteiger partial charge in [-0.2, -0.15) is 5.10 Å². The van der Waals surface area contributed by atoms with E-state index in [9.17, 15) is 9.90 Å². The van der Waals surface area contributed by atoms with Crippen molar-refractivity contribution < 1.29 is 9.90 Å². The lowest BCUT2D eigenvalue weighted by Gasteiger charge is -2.29. The highest BCUT2D eigenvalue weighted by Gasteiger charge is 2.42. The van der Waals surface area contributed by atoms with Crippen molar-refractivity contribution in [1.82, 2.24) is 5.01 Å². The second kappa shape index (κ2) is 5.87. The SMILES string of the molecule is CC(=O)N1N=C2c3cc(CO)ccc3CC[C@@H]2[C@H]1c1ccccc1. The fraction of sp³-hybridized carbons (Fsp3) is 0.300. The summed E-state index contributed by atoms with van der Waals surface area (Å²) in [7, 11) is 0. The molecule has 4 heteroatoms. The first-order valence-electron chi connectivity index (χ1n) is 8.35. The molecule has 0 aromatic heterocycles. The van der Waals surface area contributed by atoms with Crippen LogP contribution in [0.1, 0.15) is 41.6 Å². The summed E-state index contributed by atoms with van der Waals surface area (Å²) < 4.78 is 0. The number of nitrogens with zero attached hydrogens (tertiary/aromatic N) is 2. The standard InChI is InChI=1S/C20H20N2O2/c1-13(24)22-20(16-5-3-2-4-6-16)17-10-9-15-8-7-14(12-23)11-18(15)19(17)21-22/h2-8,11,17,20,23H,9-10,12H2,1H3/t17-,20+/m0/s1. The molecule has 1 heterocycles. The summed E-state index contributed by atoms with van der Waals surface area (Å²) in [6, 6.07) is 16.2. The van der Waals surface area contributed by atoms with Gasteiger partial charge < -0.3 is 5.11 Å². The van der Waals surface area contributed by atoms with Crippen LogP contribution in [0.25, 0.3) is 0 Å². The summed E-state index contributed by atoms with van der Waals surface area (Å²) in [5, 5.41) is 15.8. The predicted molar refractivity (Wildman–Crippen MR) is 92.4 cm³/mol. The van der Waals surface area contributed by atoms with Crippen LogP contribution in [0.15, 0.2) is 53.6 Å². The average molecular weight is 320 g/mol. The number of benzene rings is 2. The Morgan fingerprint density at radius 3 is 2.75 bits per heavy atom. The molecule has 122 valence electrons. The van der Waals surface area contributed by atoms with Crippen molar-refractivity contribution >= 4 is 11.6 Å². The zero-order valence-electron chi connectivity index (χ0n) is 13.6. The molecule has 1 amide bonds. The maximum Gasteiger partial charge on any atom is 0.240 e. The molecule has 0 radical (unpaired) electrons. The molecule has 2 aromatic rings. The van der Waals surface area contributed by atoms with E-state index in [1.54, 1.807) is 11.9 Å². The van der Waals surface area contributed by atoms with Gasteiger partial charge in [0.15, 0.2) is 0 Å². The van der Waals surface area contributed by atoms with Gasteiger partial charge in [0.1, 0.15) is 0 Å². The van der Waals surface area contributed by atoms with Gasteiger partial charge in [0.05, 0.1) is 18.4 Å². The minimum absolute atomic E-state index is 0.0176. The number of carbonyl (C=O) groups excluding carboxylic acids is 1. The van der Waals surface area contributed by atoms with E-state index in [0.29, 0.717) is 0 Å². The molecule has 1 aliphatic carbocycles. The van der Waals surface area contributed by atoms with Crippen molar-refractivity contribution in [3.05, 3.63) is 70.8 Å². The van der Waals surface area contributed by atoms with E-state index in [1.807, 2.05) is 30.3 Å². The summed E-state index contributed by atoms with van der Waals surface area (Å²) in [6.45, 7) is 1.59. The van der Waals surface area contributed by atoms with E-state index < -0.39 is 0 Å². The Labute approximate surface area is 141 Å². The number of fused-ring (bicyclic) bond motifs is 3. The highest BCUT2D eigenvalue weighted by atomic mass is 16.3. The molecule has 0 saturated carbocycles. The second-order valence-corrected chi connectivity index (χ2v) is 6.50. The zero-order chi connectivity index (χ0) is 16.7. The molecule has 2 aliphatic rings. The molecular formula is C20H20N2O2. The number of hydrogen-bond acceptors (Lipinski definition) is 3. The Morgan fingerprint density at radius 2 is 2.04 bits per heavy atom. The second-order valence-electron chi connectivity index (χ2n) is 6.50. The fourth-order valence-corrected chi connectivity index (χ4v) is 3.90. The van der Waals surface area contributed by atoms with Crippen LogP contribution in [0.2, 0.25) is 0 Å². The molecule has 0 spiro atoms. The number of carbonyl (C=O) groups is 1. The Morgan fingerprint density at radius 1 is 1.25 bits per heavy atom. The molecule has 0 bridgehead atoms. The van der Waals surface area contributed by atoms with Gasteiger partial charge in [0.25, 0.3) is 0 Å². The third-order valence-corrected chi connectivity index (χ3v) is 5.03. The van der Waals surface area contributed by atoms with Gasteiger partial charge in [0, 0.05) is 18.4 Å². The molecule has 1 N–H and O–H groups in total. The van der Waals surface area contributed by atoms with Crippen LogP contribution in [-0.4, -0.2) is 21.7 Å². The van der Waals surface area contributed by atoms with E-state index in [0.717, 1.165) is 35.2 Å². The van der Waals surface area contributed by atoms with Crippen LogP contribution in [0.3, 0.4) is 0 Å². The van der Waals surface area contributed by atoms with Crippen molar-refractivity contribution in [3.8, 4) is 0 Å². The number of hydrogen-bond donors (Lipinski definition) is 1. The molecule has 2 atom stereocenters. The predicted octanol–water partition coefficient (Wildman–Crippen LogP) is 3.05. The molecule has 4 rings (SSSR count). The van der Waals surface area contributed by atoms with Crippen molar-refractivity contribution in [1.29, 1.82) is 0 Å². The number of amides is 1. The summed E-state index contributed by atoms with van der Waals surface area (Å²) in [5.41, 5.74) is 5.32. The third kappa shape index (κ3) is 2.34. The number of hydrazone groups is 1. The fourth-order valence-electron chi connectivity index (χ4n) is 3.90. The Balaban J connectivity index is 1.81. The van der Waals surface area contributed by atoms with Gasteiger partial charge in [-0.3, -0.25) is 4.79 Å². The number of aliphatic hydroxyl groups excluding tert-OH is 1.